The summed E-state index contributed by atoms with van der Waals surface area (Å²) in [6.07, 6.45) is 0. The lowest BCUT2D eigenvalue weighted by atomic mass is 10.5. The van der Waals surface area contributed by atoms with E-state index in [1.165, 1.54) is 5.01 Å². The Balaban J connectivity index is 2.14. The molecule has 0 saturated carbocycles. The second kappa shape index (κ2) is 4.04. The van der Waals surface area contributed by atoms with E-state index in [1.54, 1.807) is 20.9 Å². The van der Waals surface area contributed by atoms with Gasteiger partial charge in [0.2, 0.25) is 11.6 Å². The molecule has 2 aromatic heterocycles. The van der Waals surface area contributed by atoms with E-state index in [9.17, 15) is 0 Å². The number of nitrogens with zero attached hydrogens (tertiary/aromatic N) is 7. The summed E-state index contributed by atoms with van der Waals surface area (Å²) in [6.45, 7) is 3.47. The van der Waals surface area contributed by atoms with E-state index in [4.69, 9.17) is 0 Å². The third-order valence-electron chi connectivity index (χ3n) is 1.84. The molecule has 84 valence electrons. The maximum atomic E-state index is 4.54. The van der Waals surface area contributed by atoms with Gasteiger partial charge in [0.1, 0.15) is 11.4 Å². The Morgan fingerprint density at radius 3 is 2.25 bits per heavy atom. The molecule has 0 aliphatic carbocycles. The van der Waals surface area contributed by atoms with Gasteiger partial charge in [-0.05, 0) is 24.2 Å². The zero-order valence-corrected chi connectivity index (χ0v) is 8.95. The minimum atomic E-state index is 0.320. The van der Waals surface area contributed by atoms with Crippen molar-refractivity contribution >= 4 is 11.6 Å². The molecule has 2 rings (SSSR count). The molecule has 0 amide bonds. The third kappa shape index (κ3) is 1.87. The Hall–Kier alpha value is -2.32. The highest BCUT2D eigenvalue weighted by molar-refractivity contribution is 5.38. The van der Waals surface area contributed by atoms with Gasteiger partial charge in [0.15, 0.2) is 0 Å². The first-order chi connectivity index (χ1) is 7.68. The molecule has 0 bridgehead atoms. The van der Waals surface area contributed by atoms with Crippen LogP contribution in [-0.4, -0.2) is 27.7 Å². The molecule has 9 heteroatoms. The number of hydrogen-bond acceptors (Lipinski definition) is 8. The zero-order valence-electron chi connectivity index (χ0n) is 8.95. The van der Waals surface area contributed by atoms with Gasteiger partial charge >= 0.3 is 0 Å². The zero-order chi connectivity index (χ0) is 11.5. The molecule has 0 aliphatic rings. The van der Waals surface area contributed by atoms with Gasteiger partial charge in [0.05, 0.1) is 0 Å². The monoisotopic (exact) mass is 223 g/mol. The van der Waals surface area contributed by atoms with Crippen LogP contribution in [0.5, 0.6) is 0 Å². The van der Waals surface area contributed by atoms with Gasteiger partial charge < -0.3 is 0 Å². The molecule has 0 saturated heterocycles. The number of rotatable bonds is 3. The molecular formula is C7H9N7O2. The average Bonchev–Trinajstić information content (AvgIpc) is 2.84. The summed E-state index contributed by atoms with van der Waals surface area (Å²) < 4.78 is 9.01. The summed E-state index contributed by atoms with van der Waals surface area (Å²) in [6, 6.07) is 0. The second-order valence-electron chi connectivity index (χ2n) is 3.06. The molecule has 0 atom stereocenters. The average molecular weight is 223 g/mol. The Bertz CT molecular complexity index is 502. The lowest BCUT2D eigenvalue weighted by Gasteiger charge is -2.04. The highest BCUT2D eigenvalue weighted by atomic mass is 16.6. The largest absolute Gasteiger partial charge is 0.242 e. The summed E-state index contributed by atoms with van der Waals surface area (Å²) in [7, 11) is 1.67. The van der Waals surface area contributed by atoms with Crippen LogP contribution in [0.2, 0.25) is 0 Å². The van der Waals surface area contributed by atoms with Crippen molar-refractivity contribution in [3.8, 4) is 0 Å². The Morgan fingerprint density at radius 2 is 1.69 bits per heavy atom. The smallest absolute Gasteiger partial charge is 0.242 e. The second-order valence-corrected chi connectivity index (χ2v) is 3.06. The number of hydrogen-bond donors (Lipinski definition) is 0. The van der Waals surface area contributed by atoms with E-state index in [2.05, 4.69) is 40.2 Å². The first-order valence-electron chi connectivity index (χ1n) is 4.42. The highest BCUT2D eigenvalue weighted by Gasteiger charge is 2.10. The van der Waals surface area contributed by atoms with E-state index in [1.807, 2.05) is 0 Å². The van der Waals surface area contributed by atoms with Crippen molar-refractivity contribution < 1.29 is 9.26 Å². The Labute approximate surface area is 90.0 Å². The molecule has 2 aromatic rings. The molecule has 0 aromatic carbocycles. The van der Waals surface area contributed by atoms with Crippen LogP contribution in [0.25, 0.3) is 0 Å². The van der Waals surface area contributed by atoms with Crippen LogP contribution >= 0.6 is 0 Å². The van der Waals surface area contributed by atoms with Crippen LogP contribution in [0, 0.1) is 13.8 Å². The van der Waals surface area contributed by atoms with E-state index in [0.29, 0.717) is 23.0 Å². The maximum Gasteiger partial charge on any atom is 0.242 e. The first-order valence-corrected chi connectivity index (χ1v) is 4.42. The molecular weight excluding hydrogens is 214 g/mol. The SMILES string of the molecule is Cc1nonc1N=NN(C)c1nonc1C. The normalized spacial score (nSPS) is 11.2. The summed E-state index contributed by atoms with van der Waals surface area (Å²) in [5, 5.41) is 23.5. The van der Waals surface area contributed by atoms with Crippen molar-refractivity contribution in [3.63, 3.8) is 0 Å². The van der Waals surface area contributed by atoms with Crippen LogP contribution < -0.4 is 5.01 Å². The van der Waals surface area contributed by atoms with Crippen LogP contribution in [-0.2, 0) is 0 Å². The lowest BCUT2D eigenvalue weighted by Crippen LogP contribution is -2.08. The summed E-state index contributed by atoms with van der Waals surface area (Å²) >= 11 is 0. The molecule has 16 heavy (non-hydrogen) atoms. The lowest BCUT2D eigenvalue weighted by molar-refractivity contribution is 0.304. The highest BCUT2D eigenvalue weighted by Crippen LogP contribution is 2.16. The molecule has 0 fully saturated rings. The number of aromatic nitrogens is 4. The summed E-state index contributed by atoms with van der Waals surface area (Å²) in [5.41, 5.74) is 1.18. The van der Waals surface area contributed by atoms with Crippen molar-refractivity contribution in [2.24, 2.45) is 10.3 Å². The van der Waals surface area contributed by atoms with Gasteiger partial charge in [-0.25, -0.2) is 14.3 Å². The van der Waals surface area contributed by atoms with Crippen LogP contribution in [0.3, 0.4) is 0 Å². The van der Waals surface area contributed by atoms with Crippen molar-refractivity contribution in [1.29, 1.82) is 0 Å². The Kier molecular flexibility index (Phi) is 2.58. The Morgan fingerprint density at radius 1 is 1.00 bits per heavy atom. The van der Waals surface area contributed by atoms with Gasteiger partial charge in [0, 0.05) is 7.05 Å². The fourth-order valence-corrected chi connectivity index (χ4v) is 0.990. The molecule has 0 unspecified atom stereocenters. The van der Waals surface area contributed by atoms with E-state index in [-0.39, 0.29) is 0 Å². The molecule has 0 aliphatic heterocycles. The van der Waals surface area contributed by atoms with Crippen molar-refractivity contribution in [2.75, 3.05) is 12.1 Å². The van der Waals surface area contributed by atoms with Gasteiger partial charge in [-0.3, -0.25) is 0 Å². The first kappa shape index (κ1) is 10.2. The van der Waals surface area contributed by atoms with Gasteiger partial charge in [-0.15, -0.1) is 5.11 Å². The van der Waals surface area contributed by atoms with Crippen LogP contribution in [0.4, 0.5) is 11.6 Å². The predicted molar refractivity (Wildman–Crippen MR) is 51.0 cm³/mol. The minimum absolute atomic E-state index is 0.320. The summed E-state index contributed by atoms with van der Waals surface area (Å²) in [5.74, 6) is 0.804. The van der Waals surface area contributed by atoms with Crippen LogP contribution in [0.15, 0.2) is 19.6 Å². The van der Waals surface area contributed by atoms with Crippen molar-refractivity contribution in [2.45, 2.75) is 13.8 Å². The number of anilines is 1. The molecule has 0 N–H and O–H groups in total. The molecule has 2 heterocycles. The maximum absolute atomic E-state index is 4.54. The van der Waals surface area contributed by atoms with E-state index >= 15 is 0 Å². The quantitative estimate of drug-likeness (QED) is 0.568. The number of aryl methyl sites for hydroxylation is 2. The molecule has 0 spiro atoms. The molecule has 9 nitrogen and oxygen atoms in total. The van der Waals surface area contributed by atoms with Crippen molar-refractivity contribution in [1.82, 2.24) is 20.6 Å². The van der Waals surface area contributed by atoms with E-state index in [0.717, 1.165) is 0 Å². The molecule has 0 radical (unpaired) electrons. The minimum Gasteiger partial charge on any atom is -0.242 e. The third-order valence-corrected chi connectivity index (χ3v) is 1.84. The topological polar surface area (TPSA) is 106 Å². The van der Waals surface area contributed by atoms with Crippen molar-refractivity contribution in [3.05, 3.63) is 11.4 Å². The van der Waals surface area contributed by atoms with Gasteiger partial charge in [-0.2, -0.15) is 0 Å². The predicted octanol–water partition coefficient (Wildman–Crippen LogP) is 1.20. The van der Waals surface area contributed by atoms with Gasteiger partial charge in [0.25, 0.3) is 0 Å². The van der Waals surface area contributed by atoms with Crippen LogP contribution in [0.1, 0.15) is 11.4 Å². The standard InChI is InChI=1S/C7H9N7O2/c1-4-6(11-15-9-4)8-13-14(3)7-5(2)10-16-12-7/h1-3H3. The fraction of sp³-hybridized carbons (Fsp3) is 0.429. The fourth-order valence-electron chi connectivity index (χ4n) is 0.990. The van der Waals surface area contributed by atoms with E-state index < -0.39 is 0 Å². The summed E-state index contributed by atoms with van der Waals surface area (Å²) in [4.78, 5) is 0. The van der Waals surface area contributed by atoms with Gasteiger partial charge in [-0.1, -0.05) is 15.5 Å².